The van der Waals surface area contributed by atoms with Crippen molar-refractivity contribution in [3.05, 3.63) is 0 Å². The average molecular weight is 1270 g/mol. The minimum Gasteiger partial charge on any atom is -0.394 e. The molecular weight excluding hydrogens is 1190 g/mol. The summed E-state index contributed by atoms with van der Waals surface area (Å²) in [5.41, 5.74) is 5.93. The maximum absolute atomic E-state index is 12.1. The molecule has 40 nitrogen and oxygen atoms in total. The molecule has 0 aromatic carbocycles. The topological polar surface area (TPSA) is 672 Å². The minimum absolute atomic E-state index is 0.855. The van der Waals surface area contributed by atoms with E-state index in [4.69, 9.17) is 67.3 Å². The van der Waals surface area contributed by atoms with Crippen molar-refractivity contribution in [1.29, 1.82) is 0 Å². The Labute approximate surface area is 485 Å². The molecule has 7 aliphatic heterocycles. The van der Waals surface area contributed by atoms with Crippen molar-refractivity contribution in [3.8, 4) is 0 Å². The largest absolute Gasteiger partial charge is 0.394 e. The van der Waals surface area contributed by atoms with Crippen LogP contribution in [0.1, 0.15) is 0 Å². The molecule has 0 unspecified atom stereocenters. The van der Waals surface area contributed by atoms with Crippen LogP contribution in [0.5, 0.6) is 0 Å². The van der Waals surface area contributed by atoms with Gasteiger partial charge in [-0.1, -0.05) is 0 Å². The summed E-state index contributed by atoms with van der Waals surface area (Å²) in [5.74, 6) is 0. The van der Waals surface area contributed by atoms with Crippen molar-refractivity contribution in [2.24, 2.45) is 5.73 Å². The van der Waals surface area contributed by atoms with Crippen molar-refractivity contribution < 1.29 is 194 Å². The van der Waals surface area contributed by atoms with Gasteiger partial charge in [-0.15, -0.1) is 0 Å². The zero-order chi connectivity index (χ0) is 63.7. The van der Waals surface area contributed by atoms with Crippen LogP contribution >= 0.6 is 0 Å². The van der Waals surface area contributed by atoms with E-state index in [1.165, 1.54) is 0 Å². The smallest absolute Gasteiger partial charge is 0.187 e. The number of rotatable bonds is 23. The molecule has 28 N–H and O–H groups in total. The second-order valence-electron chi connectivity index (χ2n) is 21.7. The number of ether oxygens (including phenoxy) is 13. The highest BCUT2D eigenvalue weighted by atomic mass is 16.8. The summed E-state index contributed by atoms with van der Waals surface area (Å²) >= 11 is 0. The van der Waals surface area contributed by atoms with E-state index in [-0.39, 0.29) is 0 Å². The van der Waals surface area contributed by atoms with Crippen molar-refractivity contribution in [1.82, 2.24) is 0 Å². The SMILES string of the molecule is N[C@H]1[C@H](OC[C@H](O)[C@H]2O[C@H](O[C@H]3[C@H](O[C@H]4O[C@H]([C@H](CO)O[C@H]5O[C@H](CO)[C@@H](O)[C@H](O)[C@H]5O)[C@@H](O)[C@H](O[C@H]5O[C@H](CO)[C@@H](O)[C@H](O)[C@H]5O)[C@@H]4O)[C@H](O)[C@@H](O)O[C@@H]3[C@H](CO)O[C@H]3O[C@H]([C@@H](O)CO)[C@@H](O)[C@H](O)[C@@H]3O)[C@@H](O)[C@@H](O)[C@@H]2O)O[C@H](CO)[C@@H](O)[C@@H]1O. The van der Waals surface area contributed by atoms with Crippen molar-refractivity contribution in [2.45, 2.75) is 239 Å². The molecule has 0 amide bonds. The fourth-order valence-electron chi connectivity index (χ4n) is 10.8. The first-order valence-corrected chi connectivity index (χ1v) is 27.1. The molecule has 0 bridgehead atoms. The molecule has 0 aromatic heterocycles. The van der Waals surface area contributed by atoms with E-state index in [1.54, 1.807) is 0 Å². The van der Waals surface area contributed by atoms with Gasteiger partial charge in [-0.05, 0) is 0 Å². The van der Waals surface area contributed by atoms with Crippen LogP contribution in [0, 0.1) is 0 Å². The van der Waals surface area contributed by atoms with Crippen LogP contribution < -0.4 is 5.73 Å². The van der Waals surface area contributed by atoms with Crippen LogP contribution in [0.4, 0.5) is 0 Å². The Kier molecular flexibility index (Phi) is 25.8. The Morgan fingerprint density at radius 3 is 1.21 bits per heavy atom. The maximum Gasteiger partial charge on any atom is 0.187 e. The molecule has 86 heavy (non-hydrogen) atoms. The van der Waals surface area contributed by atoms with Crippen molar-refractivity contribution in [2.75, 3.05) is 46.2 Å². The summed E-state index contributed by atoms with van der Waals surface area (Å²) in [4.78, 5) is 0. The Balaban J connectivity index is 1.26. The summed E-state index contributed by atoms with van der Waals surface area (Å²) in [6.45, 7) is -7.71. The van der Waals surface area contributed by atoms with E-state index in [2.05, 4.69) is 0 Å². The van der Waals surface area contributed by atoms with E-state index >= 15 is 0 Å². The van der Waals surface area contributed by atoms with E-state index in [0.29, 0.717) is 0 Å². The van der Waals surface area contributed by atoms with Gasteiger partial charge >= 0.3 is 0 Å². The van der Waals surface area contributed by atoms with E-state index in [1.807, 2.05) is 0 Å². The molecule has 0 aromatic rings. The second kappa shape index (κ2) is 30.9. The Hall–Kier alpha value is -1.60. The lowest BCUT2D eigenvalue weighted by Crippen LogP contribution is -2.70. The molecule has 39 atom stereocenters. The van der Waals surface area contributed by atoms with Gasteiger partial charge in [0.1, 0.15) is 189 Å². The molecule has 0 aliphatic carbocycles. The molecule has 40 heteroatoms. The Bertz CT molecular complexity index is 2030. The fraction of sp³-hybridized carbons (Fsp3) is 1.00. The number of nitrogens with two attached hydrogens (primary N) is 1. The third-order valence-corrected chi connectivity index (χ3v) is 16.0. The van der Waals surface area contributed by atoms with Crippen LogP contribution in [0.2, 0.25) is 0 Å². The van der Waals surface area contributed by atoms with Crippen LogP contribution in [0.25, 0.3) is 0 Å². The highest BCUT2D eigenvalue weighted by molar-refractivity contribution is 5.03. The molecule has 0 spiro atoms. The third kappa shape index (κ3) is 14.9. The van der Waals surface area contributed by atoms with E-state index < -0.39 is 286 Å². The predicted molar refractivity (Wildman–Crippen MR) is 258 cm³/mol. The molecule has 7 aliphatic rings. The molecule has 7 heterocycles. The van der Waals surface area contributed by atoms with Gasteiger partial charge in [0, 0.05) is 0 Å². The minimum atomic E-state index is -2.62. The fourth-order valence-corrected chi connectivity index (χ4v) is 10.8. The zero-order valence-electron chi connectivity index (χ0n) is 45.0. The third-order valence-electron chi connectivity index (χ3n) is 16.0. The first kappa shape index (κ1) is 71.8. The summed E-state index contributed by atoms with van der Waals surface area (Å²) in [7, 11) is 0. The summed E-state index contributed by atoms with van der Waals surface area (Å²) < 4.78 is 73.8. The van der Waals surface area contributed by atoms with Gasteiger partial charge in [-0.3, -0.25) is 0 Å². The van der Waals surface area contributed by atoms with Crippen LogP contribution in [-0.2, 0) is 61.6 Å². The highest BCUT2D eigenvalue weighted by Gasteiger charge is 2.60. The molecule has 0 saturated carbocycles. The first-order chi connectivity index (χ1) is 40.6. The van der Waals surface area contributed by atoms with Gasteiger partial charge in [0.15, 0.2) is 44.0 Å². The molecule has 7 saturated heterocycles. The molecule has 7 rings (SSSR count). The second-order valence-corrected chi connectivity index (χ2v) is 21.7. The summed E-state index contributed by atoms with van der Waals surface area (Å²) in [6.07, 6.45) is -83.0. The van der Waals surface area contributed by atoms with Gasteiger partial charge in [0.2, 0.25) is 0 Å². The lowest BCUT2D eigenvalue weighted by Gasteiger charge is -2.51. The highest BCUT2D eigenvalue weighted by Crippen LogP contribution is 2.39. The Morgan fingerprint density at radius 1 is 0.314 bits per heavy atom. The van der Waals surface area contributed by atoms with E-state index in [0.717, 1.165) is 0 Å². The molecule has 0 radical (unpaired) electrons. The standard InChI is InChI=1S/C46H81NO39/c47-15-19(59)16(56)10(2-49)75-41(15)74-7-9(55)34-25(65)23(63)29(69)45(82-34)86-39-36(14(6-53)79-44-28(68)22(62)24(64)33(81-44)8(54)1-48)80-40(73)31(71)38(39)85-46-32(72)37(84-43-27(67)21(61)18(58)12(4-51)77-43)30(70)35(83-46)13(5-52)78-42-26(66)20(60)17(57)11(3-50)76-42/h8-46,48-73H,1-7,47H2/t8-,9-,10+,11+,12+,13-,14-,15+,16+,17+,18+,19+,20-,21-,22-,23-,24-,25-,26+,27+,28-,29-,30+,31-,32-,33+,34+,35+,36+,37-,38+,39+,40-,41+,42+,43+,44-,45+,46+/m0/s1. The van der Waals surface area contributed by atoms with Crippen molar-refractivity contribution in [3.63, 3.8) is 0 Å². The zero-order valence-corrected chi connectivity index (χ0v) is 45.0. The number of hydrogen-bond donors (Lipinski definition) is 27. The lowest BCUT2D eigenvalue weighted by atomic mass is 9.92. The Morgan fingerprint density at radius 2 is 0.698 bits per heavy atom. The van der Waals surface area contributed by atoms with E-state index in [9.17, 15) is 133 Å². The molecule has 7 fully saturated rings. The summed E-state index contributed by atoms with van der Waals surface area (Å²) in [5, 5.41) is 281. The van der Waals surface area contributed by atoms with Gasteiger partial charge in [-0.2, -0.15) is 0 Å². The normalized spacial score (nSPS) is 51.2. The predicted octanol–water partition coefficient (Wildman–Crippen LogP) is -18.9. The lowest BCUT2D eigenvalue weighted by molar-refractivity contribution is -0.408. The van der Waals surface area contributed by atoms with Crippen LogP contribution in [0.3, 0.4) is 0 Å². The van der Waals surface area contributed by atoms with Gasteiger partial charge in [0.25, 0.3) is 0 Å². The average Bonchev–Trinajstić information content (AvgIpc) is 0.863. The quantitative estimate of drug-likeness (QED) is 0.0452. The van der Waals surface area contributed by atoms with Crippen molar-refractivity contribution >= 4 is 0 Å². The first-order valence-electron chi connectivity index (χ1n) is 27.1. The summed E-state index contributed by atoms with van der Waals surface area (Å²) in [6, 6.07) is -1.53. The van der Waals surface area contributed by atoms with Crippen LogP contribution in [-0.4, -0.2) is 418 Å². The number of aliphatic hydroxyl groups is 26. The molecule has 504 valence electrons. The van der Waals surface area contributed by atoms with Gasteiger partial charge in [0.05, 0.1) is 52.3 Å². The van der Waals surface area contributed by atoms with Crippen LogP contribution in [0.15, 0.2) is 0 Å². The monoisotopic (exact) mass is 1270 g/mol. The number of aliphatic hydroxyl groups excluding tert-OH is 26. The molecular formula is C46H81NO39. The van der Waals surface area contributed by atoms with Gasteiger partial charge in [-0.25, -0.2) is 0 Å². The maximum atomic E-state index is 12.1. The van der Waals surface area contributed by atoms with Gasteiger partial charge < -0.3 is 200 Å². The number of hydrogen-bond acceptors (Lipinski definition) is 40.